The fraction of sp³-hybridized carbons (Fsp3) is 0.353. The summed E-state index contributed by atoms with van der Waals surface area (Å²) in [7, 11) is 0. The highest BCUT2D eigenvalue weighted by molar-refractivity contribution is 7.17. The van der Waals surface area contributed by atoms with Crippen LogP contribution in [0.2, 0.25) is 5.02 Å². The van der Waals surface area contributed by atoms with E-state index in [9.17, 15) is 9.59 Å². The van der Waals surface area contributed by atoms with Gasteiger partial charge >= 0.3 is 0 Å². The van der Waals surface area contributed by atoms with Crippen molar-refractivity contribution in [3.63, 3.8) is 0 Å². The van der Waals surface area contributed by atoms with Crippen molar-refractivity contribution in [3.8, 4) is 0 Å². The number of halogens is 1. The maximum absolute atomic E-state index is 12.7. The summed E-state index contributed by atoms with van der Waals surface area (Å²) in [5.41, 5.74) is 2.42. The first-order valence-electron chi connectivity index (χ1n) is 7.85. The Morgan fingerprint density at radius 3 is 2.79 bits per heavy atom. The standard InChI is InChI=1S/C17H18ClN3O2S/c1-10(22)21-17-15(13-4-2-3-5-14(13)24-17)16(23)20-9-12-7-6-11(18)8-19-12/h6-8H,2-5,9H2,1H3,(H,20,23)(H,21,22). The van der Waals surface area contributed by atoms with E-state index >= 15 is 0 Å². The molecule has 0 saturated carbocycles. The van der Waals surface area contributed by atoms with Gasteiger partial charge in [0.15, 0.2) is 0 Å². The Hall–Kier alpha value is -1.92. The highest BCUT2D eigenvalue weighted by Crippen LogP contribution is 2.38. The van der Waals surface area contributed by atoms with Crippen molar-refractivity contribution in [2.45, 2.75) is 39.2 Å². The number of carbonyl (C=O) groups is 2. The number of aryl methyl sites for hydroxylation is 1. The number of rotatable bonds is 4. The molecule has 7 heteroatoms. The number of nitrogens with zero attached hydrogens (tertiary/aromatic N) is 1. The average molecular weight is 364 g/mol. The van der Waals surface area contributed by atoms with Gasteiger partial charge in [-0.2, -0.15) is 0 Å². The maximum Gasteiger partial charge on any atom is 0.254 e. The molecule has 0 saturated heterocycles. The van der Waals surface area contributed by atoms with E-state index in [1.165, 1.54) is 23.1 Å². The lowest BCUT2D eigenvalue weighted by molar-refractivity contribution is -0.114. The van der Waals surface area contributed by atoms with Crippen LogP contribution in [-0.2, 0) is 24.2 Å². The third-order valence-corrected chi connectivity index (χ3v) is 5.34. The number of amides is 2. The zero-order valence-corrected chi connectivity index (χ0v) is 14.9. The van der Waals surface area contributed by atoms with Crippen molar-refractivity contribution >= 4 is 39.8 Å². The van der Waals surface area contributed by atoms with Crippen LogP contribution < -0.4 is 10.6 Å². The SMILES string of the molecule is CC(=O)Nc1sc2c(c1C(=O)NCc1ccc(Cl)cn1)CCCC2. The zero-order chi connectivity index (χ0) is 17.1. The van der Waals surface area contributed by atoms with Crippen LogP contribution >= 0.6 is 22.9 Å². The van der Waals surface area contributed by atoms with Crippen molar-refractivity contribution in [1.82, 2.24) is 10.3 Å². The van der Waals surface area contributed by atoms with E-state index < -0.39 is 0 Å². The molecule has 1 aliphatic carbocycles. The summed E-state index contributed by atoms with van der Waals surface area (Å²) in [5.74, 6) is -0.336. The molecular formula is C17H18ClN3O2S. The Balaban J connectivity index is 1.81. The molecule has 2 heterocycles. The molecule has 126 valence electrons. The van der Waals surface area contributed by atoms with Crippen LogP contribution in [0.1, 0.15) is 46.3 Å². The fourth-order valence-electron chi connectivity index (χ4n) is 2.82. The number of pyridine rings is 1. The minimum atomic E-state index is -0.171. The fourth-order valence-corrected chi connectivity index (χ4v) is 4.27. The Morgan fingerprint density at radius 2 is 2.08 bits per heavy atom. The summed E-state index contributed by atoms with van der Waals surface area (Å²) in [4.78, 5) is 29.5. The number of fused-ring (bicyclic) bond motifs is 1. The average Bonchev–Trinajstić information content (AvgIpc) is 2.91. The Kier molecular flexibility index (Phi) is 5.16. The van der Waals surface area contributed by atoms with Crippen molar-refractivity contribution in [2.24, 2.45) is 0 Å². The molecule has 2 amide bonds. The molecule has 2 aromatic rings. The molecule has 2 aromatic heterocycles. The number of thiophene rings is 1. The lowest BCUT2D eigenvalue weighted by Crippen LogP contribution is -2.25. The first kappa shape index (κ1) is 16.9. The second-order valence-electron chi connectivity index (χ2n) is 5.75. The lowest BCUT2D eigenvalue weighted by Gasteiger charge is -2.13. The maximum atomic E-state index is 12.7. The summed E-state index contributed by atoms with van der Waals surface area (Å²) in [6, 6.07) is 3.52. The van der Waals surface area contributed by atoms with E-state index in [1.54, 1.807) is 18.3 Å². The van der Waals surface area contributed by atoms with Crippen molar-refractivity contribution < 1.29 is 9.59 Å². The van der Waals surface area contributed by atoms with E-state index in [4.69, 9.17) is 11.6 Å². The summed E-state index contributed by atoms with van der Waals surface area (Å²) >= 11 is 7.33. The normalized spacial score (nSPS) is 13.2. The Labute approximate surface area is 149 Å². The summed E-state index contributed by atoms with van der Waals surface area (Å²) in [5, 5.41) is 6.91. The minimum absolute atomic E-state index is 0.165. The second kappa shape index (κ2) is 7.32. The summed E-state index contributed by atoms with van der Waals surface area (Å²) in [6.07, 6.45) is 5.61. The zero-order valence-electron chi connectivity index (χ0n) is 13.3. The van der Waals surface area contributed by atoms with Crippen molar-refractivity contribution in [1.29, 1.82) is 0 Å². The van der Waals surface area contributed by atoms with Crippen LogP contribution in [0, 0.1) is 0 Å². The smallest absolute Gasteiger partial charge is 0.254 e. The van der Waals surface area contributed by atoms with Gasteiger partial charge in [-0.3, -0.25) is 14.6 Å². The van der Waals surface area contributed by atoms with Gasteiger partial charge < -0.3 is 10.6 Å². The molecule has 0 bridgehead atoms. The number of hydrogen-bond acceptors (Lipinski definition) is 4. The molecule has 0 fully saturated rings. The molecule has 0 spiro atoms. The Morgan fingerprint density at radius 1 is 1.29 bits per heavy atom. The third-order valence-electron chi connectivity index (χ3n) is 3.91. The number of aromatic nitrogens is 1. The number of anilines is 1. The van der Waals surface area contributed by atoms with Crippen LogP contribution in [0.25, 0.3) is 0 Å². The van der Waals surface area contributed by atoms with Crippen LogP contribution in [0.5, 0.6) is 0 Å². The van der Waals surface area contributed by atoms with Gasteiger partial charge in [0.1, 0.15) is 5.00 Å². The van der Waals surface area contributed by atoms with E-state index in [2.05, 4.69) is 15.6 Å². The highest BCUT2D eigenvalue weighted by Gasteiger charge is 2.25. The second-order valence-corrected chi connectivity index (χ2v) is 7.29. The van der Waals surface area contributed by atoms with E-state index in [-0.39, 0.29) is 11.8 Å². The molecule has 0 atom stereocenters. The van der Waals surface area contributed by atoms with Crippen LogP contribution in [0.4, 0.5) is 5.00 Å². The molecule has 2 N–H and O–H groups in total. The molecule has 1 aliphatic rings. The first-order valence-corrected chi connectivity index (χ1v) is 9.05. The lowest BCUT2D eigenvalue weighted by atomic mass is 9.95. The molecular weight excluding hydrogens is 346 g/mol. The third kappa shape index (κ3) is 3.76. The predicted octanol–water partition coefficient (Wildman–Crippen LogP) is 3.56. The van der Waals surface area contributed by atoms with Gasteiger partial charge in [-0.1, -0.05) is 11.6 Å². The van der Waals surface area contributed by atoms with Crippen LogP contribution in [-0.4, -0.2) is 16.8 Å². The van der Waals surface area contributed by atoms with E-state index in [0.717, 1.165) is 36.9 Å². The van der Waals surface area contributed by atoms with E-state index in [0.29, 0.717) is 22.1 Å². The monoisotopic (exact) mass is 363 g/mol. The van der Waals surface area contributed by atoms with E-state index in [1.807, 2.05) is 0 Å². The molecule has 0 aliphatic heterocycles. The van der Waals surface area contributed by atoms with Crippen LogP contribution in [0.3, 0.4) is 0 Å². The summed E-state index contributed by atoms with van der Waals surface area (Å²) in [6.45, 7) is 1.78. The molecule has 24 heavy (non-hydrogen) atoms. The van der Waals surface area contributed by atoms with Gasteiger partial charge in [-0.05, 0) is 43.4 Å². The van der Waals surface area contributed by atoms with Gasteiger partial charge in [0.25, 0.3) is 5.91 Å². The Bertz CT molecular complexity index is 771. The predicted molar refractivity (Wildman–Crippen MR) is 95.7 cm³/mol. The molecule has 0 aromatic carbocycles. The van der Waals surface area contributed by atoms with Crippen molar-refractivity contribution in [3.05, 3.63) is 45.1 Å². The van der Waals surface area contributed by atoms with Crippen LogP contribution in [0.15, 0.2) is 18.3 Å². The summed E-state index contributed by atoms with van der Waals surface area (Å²) < 4.78 is 0. The van der Waals surface area contributed by atoms with Gasteiger partial charge in [0, 0.05) is 18.0 Å². The number of carbonyl (C=O) groups excluding carboxylic acids is 2. The minimum Gasteiger partial charge on any atom is -0.346 e. The molecule has 0 radical (unpaired) electrons. The highest BCUT2D eigenvalue weighted by atomic mass is 35.5. The molecule has 3 rings (SSSR count). The largest absolute Gasteiger partial charge is 0.346 e. The quantitative estimate of drug-likeness (QED) is 0.872. The van der Waals surface area contributed by atoms with Gasteiger partial charge in [-0.25, -0.2) is 0 Å². The molecule has 0 unspecified atom stereocenters. The molecule has 5 nitrogen and oxygen atoms in total. The van der Waals surface area contributed by atoms with Crippen molar-refractivity contribution in [2.75, 3.05) is 5.32 Å². The van der Waals surface area contributed by atoms with Gasteiger partial charge in [-0.15, -0.1) is 11.3 Å². The van der Waals surface area contributed by atoms with Gasteiger partial charge in [0.2, 0.25) is 5.91 Å². The van der Waals surface area contributed by atoms with Gasteiger partial charge in [0.05, 0.1) is 22.8 Å². The number of hydrogen-bond donors (Lipinski definition) is 2. The number of nitrogens with one attached hydrogen (secondary N) is 2. The first-order chi connectivity index (χ1) is 11.5. The topological polar surface area (TPSA) is 71.1 Å².